The van der Waals surface area contributed by atoms with Gasteiger partial charge < -0.3 is 0 Å². The molecule has 2 aromatic rings. The second kappa shape index (κ2) is 5.21. The fourth-order valence-electron chi connectivity index (χ4n) is 1.33. The number of nitrogens with one attached hydrogen (secondary N) is 1. The molecule has 3 nitrogen and oxygen atoms in total. The summed E-state index contributed by atoms with van der Waals surface area (Å²) in [6.07, 6.45) is 1.69. The SMILES string of the molecule is CC(=NNc1ccccn1)c1ccc(F)cc1. The van der Waals surface area contributed by atoms with Crippen LogP contribution in [-0.2, 0) is 0 Å². The van der Waals surface area contributed by atoms with Gasteiger partial charge in [-0.3, -0.25) is 5.43 Å². The van der Waals surface area contributed by atoms with Gasteiger partial charge in [0.1, 0.15) is 11.6 Å². The first kappa shape index (κ1) is 11.3. The zero-order valence-corrected chi connectivity index (χ0v) is 9.39. The highest BCUT2D eigenvalue weighted by atomic mass is 19.1. The minimum absolute atomic E-state index is 0.251. The van der Waals surface area contributed by atoms with Crippen LogP contribution in [0.5, 0.6) is 0 Å². The van der Waals surface area contributed by atoms with Gasteiger partial charge in [0.05, 0.1) is 5.71 Å². The zero-order chi connectivity index (χ0) is 12.1. The maximum absolute atomic E-state index is 12.7. The topological polar surface area (TPSA) is 37.3 Å². The van der Waals surface area contributed by atoms with Crippen LogP contribution in [0, 0.1) is 5.82 Å². The molecule has 0 radical (unpaired) electrons. The molecule has 0 aliphatic rings. The maximum atomic E-state index is 12.7. The number of nitrogens with zero attached hydrogens (tertiary/aromatic N) is 2. The van der Waals surface area contributed by atoms with Crippen LogP contribution in [0.15, 0.2) is 53.8 Å². The highest BCUT2D eigenvalue weighted by Gasteiger charge is 1.97. The summed E-state index contributed by atoms with van der Waals surface area (Å²) in [5.41, 5.74) is 4.48. The molecule has 0 fully saturated rings. The lowest BCUT2D eigenvalue weighted by atomic mass is 10.1. The van der Waals surface area contributed by atoms with Gasteiger partial charge in [0.15, 0.2) is 0 Å². The second-order valence-electron chi connectivity index (χ2n) is 3.53. The van der Waals surface area contributed by atoms with E-state index in [1.165, 1.54) is 12.1 Å². The van der Waals surface area contributed by atoms with Crippen LogP contribution in [0.25, 0.3) is 0 Å². The van der Waals surface area contributed by atoms with Crippen molar-refractivity contribution in [2.75, 3.05) is 5.43 Å². The van der Waals surface area contributed by atoms with Crippen LogP contribution in [0.3, 0.4) is 0 Å². The molecule has 1 aromatic heterocycles. The summed E-state index contributed by atoms with van der Waals surface area (Å²) in [4.78, 5) is 4.08. The van der Waals surface area contributed by atoms with Crippen molar-refractivity contribution in [1.82, 2.24) is 4.98 Å². The highest BCUT2D eigenvalue weighted by Crippen LogP contribution is 2.05. The molecule has 4 heteroatoms. The number of pyridine rings is 1. The minimum atomic E-state index is -0.251. The molecule has 0 aliphatic carbocycles. The third kappa shape index (κ3) is 3.11. The van der Waals surface area contributed by atoms with E-state index in [0.29, 0.717) is 5.82 Å². The number of rotatable bonds is 3. The molecule has 0 unspecified atom stereocenters. The Kier molecular flexibility index (Phi) is 3.45. The second-order valence-corrected chi connectivity index (χ2v) is 3.53. The summed E-state index contributed by atoms with van der Waals surface area (Å²) < 4.78 is 12.7. The van der Waals surface area contributed by atoms with Gasteiger partial charge in [0, 0.05) is 6.20 Å². The van der Waals surface area contributed by atoms with E-state index in [9.17, 15) is 4.39 Å². The zero-order valence-electron chi connectivity index (χ0n) is 9.39. The summed E-state index contributed by atoms with van der Waals surface area (Å²) in [7, 11) is 0. The van der Waals surface area contributed by atoms with E-state index < -0.39 is 0 Å². The lowest BCUT2D eigenvalue weighted by Crippen LogP contribution is -2.00. The molecule has 1 aromatic carbocycles. The molecule has 0 atom stereocenters. The summed E-state index contributed by atoms with van der Waals surface area (Å²) in [6, 6.07) is 11.7. The number of hydrogen-bond acceptors (Lipinski definition) is 3. The number of anilines is 1. The highest BCUT2D eigenvalue weighted by molar-refractivity contribution is 5.98. The maximum Gasteiger partial charge on any atom is 0.146 e. The summed E-state index contributed by atoms with van der Waals surface area (Å²) >= 11 is 0. The molecule has 0 saturated heterocycles. The van der Waals surface area contributed by atoms with Crippen LogP contribution in [0.2, 0.25) is 0 Å². The predicted molar refractivity (Wildman–Crippen MR) is 66.5 cm³/mol. The average Bonchev–Trinajstić information content (AvgIpc) is 2.38. The van der Waals surface area contributed by atoms with Gasteiger partial charge >= 0.3 is 0 Å². The van der Waals surface area contributed by atoms with E-state index >= 15 is 0 Å². The van der Waals surface area contributed by atoms with Crippen molar-refractivity contribution in [1.29, 1.82) is 0 Å². The van der Waals surface area contributed by atoms with E-state index in [2.05, 4.69) is 15.5 Å². The van der Waals surface area contributed by atoms with Crippen LogP contribution in [-0.4, -0.2) is 10.7 Å². The Morgan fingerprint density at radius 2 is 1.94 bits per heavy atom. The minimum Gasteiger partial charge on any atom is -0.261 e. The molecule has 1 heterocycles. The molecular weight excluding hydrogens is 217 g/mol. The Morgan fingerprint density at radius 3 is 2.59 bits per heavy atom. The Bertz CT molecular complexity index is 506. The van der Waals surface area contributed by atoms with Gasteiger partial charge in [-0.25, -0.2) is 9.37 Å². The standard InChI is InChI=1S/C13H12FN3/c1-10(11-5-7-12(14)8-6-11)16-17-13-4-2-3-9-15-13/h2-9H,1H3,(H,15,17). The summed E-state index contributed by atoms with van der Waals surface area (Å²) in [6.45, 7) is 1.85. The smallest absolute Gasteiger partial charge is 0.146 e. The third-order valence-electron chi connectivity index (χ3n) is 2.27. The Hall–Kier alpha value is -2.23. The molecule has 2 rings (SSSR count). The number of halogens is 1. The molecule has 86 valence electrons. The van der Waals surface area contributed by atoms with Crippen molar-refractivity contribution in [2.24, 2.45) is 5.10 Å². The van der Waals surface area contributed by atoms with Crippen LogP contribution in [0.4, 0.5) is 10.2 Å². The van der Waals surface area contributed by atoms with Crippen LogP contribution in [0.1, 0.15) is 12.5 Å². The van der Waals surface area contributed by atoms with Crippen molar-refractivity contribution in [2.45, 2.75) is 6.92 Å². The lowest BCUT2D eigenvalue weighted by molar-refractivity contribution is 0.628. The van der Waals surface area contributed by atoms with Crippen molar-refractivity contribution < 1.29 is 4.39 Å². The Labute approximate surface area is 99.0 Å². The molecular formula is C13H12FN3. The first-order valence-corrected chi connectivity index (χ1v) is 5.23. The Morgan fingerprint density at radius 1 is 1.18 bits per heavy atom. The molecule has 17 heavy (non-hydrogen) atoms. The van der Waals surface area contributed by atoms with E-state index in [1.54, 1.807) is 18.3 Å². The fraction of sp³-hybridized carbons (Fsp3) is 0.0769. The predicted octanol–water partition coefficient (Wildman–Crippen LogP) is 3.06. The molecule has 1 N–H and O–H groups in total. The van der Waals surface area contributed by atoms with Gasteiger partial charge in [-0.05, 0) is 36.8 Å². The summed E-state index contributed by atoms with van der Waals surface area (Å²) in [5.74, 6) is 0.424. The van der Waals surface area contributed by atoms with E-state index in [4.69, 9.17) is 0 Å². The number of aromatic nitrogens is 1. The molecule has 0 saturated carbocycles. The van der Waals surface area contributed by atoms with Crippen LogP contribution >= 0.6 is 0 Å². The fourth-order valence-corrected chi connectivity index (χ4v) is 1.33. The van der Waals surface area contributed by atoms with Crippen LogP contribution < -0.4 is 5.43 Å². The Balaban J connectivity index is 2.10. The number of hydrazone groups is 1. The van der Waals surface area contributed by atoms with Gasteiger partial charge in [-0.15, -0.1) is 0 Å². The van der Waals surface area contributed by atoms with Crippen molar-refractivity contribution in [3.05, 3.63) is 60.0 Å². The monoisotopic (exact) mass is 229 g/mol. The normalized spacial score (nSPS) is 11.3. The van der Waals surface area contributed by atoms with Gasteiger partial charge in [-0.1, -0.05) is 18.2 Å². The number of benzene rings is 1. The quantitative estimate of drug-likeness (QED) is 0.648. The summed E-state index contributed by atoms with van der Waals surface area (Å²) in [5, 5.41) is 4.18. The molecule has 0 amide bonds. The molecule has 0 bridgehead atoms. The van der Waals surface area contributed by atoms with E-state index in [1.807, 2.05) is 25.1 Å². The van der Waals surface area contributed by atoms with Gasteiger partial charge in [-0.2, -0.15) is 5.10 Å². The van der Waals surface area contributed by atoms with Crippen molar-refractivity contribution >= 4 is 11.5 Å². The first-order valence-electron chi connectivity index (χ1n) is 5.23. The van der Waals surface area contributed by atoms with Crippen molar-refractivity contribution in [3.63, 3.8) is 0 Å². The largest absolute Gasteiger partial charge is 0.261 e. The van der Waals surface area contributed by atoms with E-state index in [-0.39, 0.29) is 5.82 Å². The van der Waals surface area contributed by atoms with Crippen molar-refractivity contribution in [3.8, 4) is 0 Å². The van der Waals surface area contributed by atoms with Gasteiger partial charge in [0.2, 0.25) is 0 Å². The number of hydrogen-bond donors (Lipinski definition) is 1. The van der Waals surface area contributed by atoms with Gasteiger partial charge in [0.25, 0.3) is 0 Å². The molecule has 0 spiro atoms. The lowest BCUT2D eigenvalue weighted by Gasteiger charge is -2.02. The molecule has 0 aliphatic heterocycles. The third-order valence-corrected chi connectivity index (χ3v) is 2.27. The first-order chi connectivity index (χ1) is 8.25. The average molecular weight is 229 g/mol. The van der Waals surface area contributed by atoms with E-state index in [0.717, 1.165) is 11.3 Å².